The Morgan fingerprint density at radius 3 is 2.21 bits per heavy atom. The number of anilines is 1. The molecule has 0 saturated carbocycles. The van der Waals surface area contributed by atoms with Gasteiger partial charge < -0.3 is 14.9 Å². The van der Waals surface area contributed by atoms with Crippen molar-refractivity contribution in [1.82, 2.24) is 9.80 Å². The first-order valence-electron chi connectivity index (χ1n) is 6.03. The molecular formula is C13H17N3O3. The topological polar surface area (TPSA) is 72.9 Å². The van der Waals surface area contributed by atoms with Crippen molar-refractivity contribution in [2.24, 2.45) is 0 Å². The number of carboxylic acid groups (broad SMARTS) is 1. The number of likely N-dealkylation sites (N-methyl/N-ethyl adjacent to an activating group) is 2. The largest absolute Gasteiger partial charge is 0.465 e. The third-order valence-electron chi connectivity index (χ3n) is 3.27. The van der Waals surface area contributed by atoms with E-state index < -0.39 is 6.09 Å². The van der Waals surface area contributed by atoms with Gasteiger partial charge in [0.2, 0.25) is 0 Å². The second-order valence-corrected chi connectivity index (χ2v) is 4.79. The number of hydrogen-bond acceptors (Lipinski definition) is 2. The molecule has 1 aromatic carbocycles. The predicted molar refractivity (Wildman–Crippen MR) is 71.5 cm³/mol. The van der Waals surface area contributed by atoms with Crippen molar-refractivity contribution >= 4 is 17.8 Å². The average Bonchev–Trinajstić information content (AvgIpc) is 2.35. The smallest absolute Gasteiger partial charge is 0.409 e. The molecule has 0 bridgehead atoms. The number of urea groups is 1. The SMILES string of the molecule is CN1CC(c2ccc(NC(=O)O)cc2)CN(C)C1=O. The van der Waals surface area contributed by atoms with Gasteiger partial charge in [-0.05, 0) is 17.7 Å². The summed E-state index contributed by atoms with van der Waals surface area (Å²) >= 11 is 0. The van der Waals surface area contributed by atoms with Crippen LogP contribution >= 0.6 is 0 Å². The Morgan fingerprint density at radius 2 is 1.74 bits per heavy atom. The fourth-order valence-electron chi connectivity index (χ4n) is 2.34. The minimum absolute atomic E-state index is 0.0282. The molecule has 2 N–H and O–H groups in total. The molecule has 0 spiro atoms. The van der Waals surface area contributed by atoms with E-state index in [1.54, 1.807) is 36.0 Å². The van der Waals surface area contributed by atoms with E-state index in [4.69, 9.17) is 5.11 Å². The van der Waals surface area contributed by atoms with Gasteiger partial charge in [0, 0.05) is 38.8 Å². The monoisotopic (exact) mass is 263 g/mol. The van der Waals surface area contributed by atoms with Crippen LogP contribution in [0.4, 0.5) is 15.3 Å². The molecule has 102 valence electrons. The van der Waals surface area contributed by atoms with Crippen LogP contribution in [0.25, 0.3) is 0 Å². The summed E-state index contributed by atoms with van der Waals surface area (Å²) < 4.78 is 0. The average molecular weight is 263 g/mol. The van der Waals surface area contributed by atoms with Gasteiger partial charge in [0.15, 0.2) is 0 Å². The lowest BCUT2D eigenvalue weighted by Crippen LogP contribution is -2.48. The molecule has 0 unspecified atom stereocenters. The van der Waals surface area contributed by atoms with Crippen LogP contribution in [-0.2, 0) is 0 Å². The molecule has 3 amide bonds. The minimum Gasteiger partial charge on any atom is -0.465 e. The quantitative estimate of drug-likeness (QED) is 0.855. The first kappa shape index (κ1) is 13.2. The highest BCUT2D eigenvalue weighted by atomic mass is 16.4. The highest BCUT2D eigenvalue weighted by Crippen LogP contribution is 2.23. The van der Waals surface area contributed by atoms with Gasteiger partial charge in [0.1, 0.15) is 0 Å². The maximum atomic E-state index is 11.7. The number of carbonyl (C=O) groups is 2. The van der Waals surface area contributed by atoms with E-state index in [0.29, 0.717) is 18.8 Å². The highest BCUT2D eigenvalue weighted by Gasteiger charge is 2.27. The number of nitrogens with one attached hydrogen (secondary N) is 1. The van der Waals surface area contributed by atoms with E-state index in [-0.39, 0.29) is 11.9 Å². The first-order chi connectivity index (χ1) is 8.97. The molecule has 1 aliphatic heterocycles. The molecule has 1 fully saturated rings. The van der Waals surface area contributed by atoms with Crippen LogP contribution in [-0.4, -0.2) is 54.2 Å². The van der Waals surface area contributed by atoms with Crippen LogP contribution in [0, 0.1) is 0 Å². The summed E-state index contributed by atoms with van der Waals surface area (Å²) in [5.41, 5.74) is 1.65. The molecule has 0 aliphatic carbocycles. The van der Waals surface area contributed by atoms with Gasteiger partial charge in [-0.1, -0.05) is 12.1 Å². The lowest BCUT2D eigenvalue weighted by molar-refractivity contribution is 0.144. The van der Waals surface area contributed by atoms with Crippen molar-refractivity contribution in [3.8, 4) is 0 Å². The Labute approximate surface area is 111 Å². The molecule has 1 saturated heterocycles. The maximum absolute atomic E-state index is 11.7. The number of carbonyl (C=O) groups excluding carboxylic acids is 1. The number of hydrogen-bond donors (Lipinski definition) is 2. The molecule has 2 rings (SSSR count). The van der Waals surface area contributed by atoms with Gasteiger partial charge in [-0.15, -0.1) is 0 Å². The lowest BCUT2D eigenvalue weighted by atomic mass is 9.96. The van der Waals surface area contributed by atoms with E-state index in [1.165, 1.54) is 0 Å². The van der Waals surface area contributed by atoms with Crippen molar-refractivity contribution in [2.75, 3.05) is 32.5 Å². The van der Waals surface area contributed by atoms with Crippen LogP contribution < -0.4 is 5.32 Å². The highest BCUT2D eigenvalue weighted by molar-refractivity contribution is 5.82. The molecule has 19 heavy (non-hydrogen) atoms. The summed E-state index contributed by atoms with van der Waals surface area (Å²) in [4.78, 5) is 25.6. The summed E-state index contributed by atoms with van der Waals surface area (Å²) in [6, 6.07) is 7.29. The molecule has 1 aromatic rings. The molecular weight excluding hydrogens is 246 g/mol. The van der Waals surface area contributed by atoms with Crippen molar-refractivity contribution in [2.45, 2.75) is 5.92 Å². The normalized spacial score (nSPS) is 16.6. The summed E-state index contributed by atoms with van der Waals surface area (Å²) in [6.45, 7) is 1.35. The van der Waals surface area contributed by atoms with E-state index in [1.807, 2.05) is 12.1 Å². The molecule has 1 heterocycles. The summed E-state index contributed by atoms with van der Waals surface area (Å²) in [7, 11) is 3.57. The van der Waals surface area contributed by atoms with Crippen LogP contribution in [0.2, 0.25) is 0 Å². The Kier molecular flexibility index (Phi) is 3.59. The van der Waals surface area contributed by atoms with Crippen molar-refractivity contribution in [3.05, 3.63) is 29.8 Å². The fraction of sp³-hybridized carbons (Fsp3) is 0.385. The predicted octanol–water partition coefficient (Wildman–Crippen LogP) is 1.86. The number of amides is 3. The van der Waals surface area contributed by atoms with Crippen LogP contribution in [0.3, 0.4) is 0 Å². The second kappa shape index (κ2) is 5.17. The Bertz CT molecular complexity index is 472. The number of rotatable bonds is 2. The van der Waals surface area contributed by atoms with Crippen LogP contribution in [0.15, 0.2) is 24.3 Å². The van der Waals surface area contributed by atoms with Gasteiger partial charge >= 0.3 is 12.1 Å². The van der Waals surface area contributed by atoms with Gasteiger partial charge in [-0.2, -0.15) is 0 Å². The van der Waals surface area contributed by atoms with Gasteiger partial charge in [0.05, 0.1) is 0 Å². The maximum Gasteiger partial charge on any atom is 0.409 e. The van der Waals surface area contributed by atoms with E-state index >= 15 is 0 Å². The molecule has 1 aliphatic rings. The standard InChI is InChI=1S/C13H17N3O3/c1-15-7-10(8-16(2)13(15)19)9-3-5-11(6-4-9)14-12(17)18/h3-6,10,14H,7-8H2,1-2H3,(H,17,18). The van der Waals surface area contributed by atoms with E-state index in [2.05, 4.69) is 5.32 Å². The second-order valence-electron chi connectivity index (χ2n) is 4.79. The molecule has 0 radical (unpaired) electrons. The number of nitrogens with zero attached hydrogens (tertiary/aromatic N) is 2. The van der Waals surface area contributed by atoms with Crippen molar-refractivity contribution in [1.29, 1.82) is 0 Å². The third kappa shape index (κ3) is 2.96. The summed E-state index contributed by atoms with van der Waals surface area (Å²) in [5.74, 6) is 0.242. The zero-order valence-electron chi connectivity index (χ0n) is 11.0. The lowest BCUT2D eigenvalue weighted by Gasteiger charge is -2.36. The van der Waals surface area contributed by atoms with Gasteiger partial charge in [0.25, 0.3) is 0 Å². The Hall–Kier alpha value is -2.24. The third-order valence-corrected chi connectivity index (χ3v) is 3.27. The number of benzene rings is 1. The molecule has 0 aromatic heterocycles. The zero-order valence-corrected chi connectivity index (χ0v) is 11.0. The Morgan fingerprint density at radius 1 is 1.21 bits per heavy atom. The van der Waals surface area contributed by atoms with Crippen molar-refractivity contribution < 1.29 is 14.7 Å². The zero-order chi connectivity index (χ0) is 14.0. The van der Waals surface area contributed by atoms with Crippen LogP contribution in [0.1, 0.15) is 11.5 Å². The summed E-state index contributed by atoms with van der Waals surface area (Å²) in [5, 5.41) is 10.9. The van der Waals surface area contributed by atoms with Crippen LogP contribution in [0.5, 0.6) is 0 Å². The van der Waals surface area contributed by atoms with E-state index in [0.717, 1.165) is 5.56 Å². The molecule has 0 atom stereocenters. The van der Waals surface area contributed by atoms with Crippen molar-refractivity contribution in [3.63, 3.8) is 0 Å². The van der Waals surface area contributed by atoms with Gasteiger partial charge in [-0.3, -0.25) is 5.32 Å². The van der Waals surface area contributed by atoms with E-state index in [9.17, 15) is 9.59 Å². The fourth-order valence-corrected chi connectivity index (χ4v) is 2.34. The molecule has 6 nitrogen and oxygen atoms in total. The molecule has 6 heteroatoms. The minimum atomic E-state index is -1.07. The summed E-state index contributed by atoms with van der Waals surface area (Å²) in [6.07, 6.45) is -1.07. The Balaban J connectivity index is 2.10. The first-order valence-corrected chi connectivity index (χ1v) is 6.03. The van der Waals surface area contributed by atoms with Gasteiger partial charge in [-0.25, -0.2) is 9.59 Å².